The average molecular weight is 235 g/mol. The van der Waals surface area contributed by atoms with E-state index in [-0.39, 0.29) is 12.0 Å². The van der Waals surface area contributed by atoms with Gasteiger partial charge in [-0.2, -0.15) is 0 Å². The fourth-order valence-electron chi connectivity index (χ4n) is 1.66. The van der Waals surface area contributed by atoms with Gasteiger partial charge in [0.25, 0.3) is 0 Å². The second-order valence-corrected chi connectivity index (χ2v) is 4.27. The second-order valence-electron chi connectivity index (χ2n) is 4.27. The van der Waals surface area contributed by atoms with E-state index in [9.17, 15) is 9.59 Å². The Balaban J connectivity index is 2.75. The van der Waals surface area contributed by atoms with Crippen LogP contribution in [-0.4, -0.2) is 17.0 Å². The number of hydrogen-bond acceptors (Lipinski definition) is 2. The zero-order valence-electron chi connectivity index (χ0n) is 10.0. The third kappa shape index (κ3) is 4.26. The maximum absolute atomic E-state index is 11.4. The third-order valence-corrected chi connectivity index (χ3v) is 2.45. The number of carbonyl (C=O) groups excluding carboxylic acids is 1. The first-order valence-electron chi connectivity index (χ1n) is 5.57. The Hall–Kier alpha value is -1.84. The predicted octanol–water partition coefficient (Wildman–Crippen LogP) is 1.97. The van der Waals surface area contributed by atoms with Crippen molar-refractivity contribution in [2.24, 2.45) is 5.92 Å². The van der Waals surface area contributed by atoms with Crippen LogP contribution in [0.3, 0.4) is 0 Å². The first kappa shape index (κ1) is 13.2. The molecule has 4 heteroatoms. The number of rotatable bonds is 5. The summed E-state index contributed by atoms with van der Waals surface area (Å²) < 4.78 is 0. The minimum Gasteiger partial charge on any atom is -0.481 e. The van der Waals surface area contributed by atoms with Gasteiger partial charge in [0.2, 0.25) is 5.91 Å². The van der Waals surface area contributed by atoms with Crippen LogP contribution in [0.25, 0.3) is 0 Å². The van der Waals surface area contributed by atoms with E-state index in [1.54, 1.807) is 0 Å². The van der Waals surface area contributed by atoms with Gasteiger partial charge < -0.3 is 10.4 Å². The maximum atomic E-state index is 11.4. The van der Waals surface area contributed by atoms with Gasteiger partial charge >= 0.3 is 5.97 Å². The van der Waals surface area contributed by atoms with Crippen LogP contribution in [0.1, 0.15) is 31.9 Å². The Kier molecular flexibility index (Phi) is 4.69. The van der Waals surface area contributed by atoms with E-state index in [2.05, 4.69) is 5.32 Å². The lowest BCUT2D eigenvalue weighted by Crippen LogP contribution is -2.32. The van der Waals surface area contributed by atoms with Gasteiger partial charge in [0.05, 0.1) is 6.04 Å². The summed E-state index contributed by atoms with van der Waals surface area (Å²) in [7, 11) is 0. The number of nitrogens with one attached hydrogen (secondary N) is 1. The molecule has 0 heterocycles. The minimum atomic E-state index is -1.11. The monoisotopic (exact) mass is 235 g/mol. The van der Waals surface area contributed by atoms with Gasteiger partial charge in [0.1, 0.15) is 6.42 Å². The van der Waals surface area contributed by atoms with E-state index < -0.39 is 18.3 Å². The summed E-state index contributed by atoms with van der Waals surface area (Å²) in [5.74, 6) is -1.37. The lowest BCUT2D eigenvalue weighted by Gasteiger charge is -2.22. The summed E-state index contributed by atoms with van der Waals surface area (Å²) in [6, 6.07) is 9.39. The number of carboxylic acid groups (broad SMARTS) is 1. The number of hydrogen-bond donors (Lipinski definition) is 2. The quantitative estimate of drug-likeness (QED) is 0.767. The van der Waals surface area contributed by atoms with E-state index >= 15 is 0 Å². The Morgan fingerprint density at radius 2 is 1.82 bits per heavy atom. The van der Waals surface area contributed by atoms with Crippen LogP contribution < -0.4 is 5.32 Å². The lowest BCUT2D eigenvalue weighted by molar-refractivity contribution is -0.141. The molecule has 4 nitrogen and oxygen atoms in total. The van der Waals surface area contributed by atoms with Crippen LogP contribution in [0.5, 0.6) is 0 Å². The molecule has 1 aromatic rings. The molecule has 1 unspecified atom stereocenters. The van der Waals surface area contributed by atoms with Crippen molar-refractivity contribution in [3.8, 4) is 0 Å². The summed E-state index contributed by atoms with van der Waals surface area (Å²) >= 11 is 0. The van der Waals surface area contributed by atoms with Gasteiger partial charge in [-0.05, 0) is 11.5 Å². The molecule has 0 saturated heterocycles. The van der Waals surface area contributed by atoms with Crippen LogP contribution in [0.2, 0.25) is 0 Å². The van der Waals surface area contributed by atoms with Crippen LogP contribution in [-0.2, 0) is 9.59 Å². The standard InChI is InChI=1S/C13H17NO3/c1-9(2)13(10-6-4-3-5-7-10)14-11(15)8-12(16)17/h3-7,9,13H,8H2,1-2H3,(H,14,15)(H,16,17). The summed E-state index contributed by atoms with van der Waals surface area (Å²) in [5.41, 5.74) is 0.987. The maximum Gasteiger partial charge on any atom is 0.312 e. The molecule has 1 aromatic carbocycles. The van der Waals surface area contributed by atoms with E-state index in [1.807, 2.05) is 44.2 Å². The molecular weight excluding hydrogens is 218 g/mol. The summed E-state index contributed by atoms with van der Waals surface area (Å²) in [4.78, 5) is 21.9. The second kappa shape index (κ2) is 6.03. The third-order valence-electron chi connectivity index (χ3n) is 2.45. The highest BCUT2D eigenvalue weighted by molar-refractivity contribution is 5.93. The molecule has 0 radical (unpaired) electrons. The molecule has 2 N–H and O–H groups in total. The van der Waals surface area contributed by atoms with Crippen molar-refractivity contribution in [2.75, 3.05) is 0 Å². The Morgan fingerprint density at radius 1 is 1.24 bits per heavy atom. The number of carboxylic acids is 1. The number of amides is 1. The SMILES string of the molecule is CC(C)C(NC(=O)CC(=O)O)c1ccccc1. The van der Waals surface area contributed by atoms with Crippen LogP contribution in [0.4, 0.5) is 0 Å². The molecule has 1 rings (SSSR count). The average Bonchev–Trinajstić information content (AvgIpc) is 2.25. The molecule has 0 bridgehead atoms. The zero-order chi connectivity index (χ0) is 12.8. The Labute approximate surface area is 101 Å². The smallest absolute Gasteiger partial charge is 0.312 e. The molecule has 0 aromatic heterocycles. The fourth-order valence-corrected chi connectivity index (χ4v) is 1.66. The van der Waals surface area contributed by atoms with Crippen molar-refractivity contribution < 1.29 is 14.7 Å². The predicted molar refractivity (Wildman–Crippen MR) is 64.4 cm³/mol. The van der Waals surface area contributed by atoms with Crippen molar-refractivity contribution in [1.29, 1.82) is 0 Å². The largest absolute Gasteiger partial charge is 0.481 e. The summed E-state index contributed by atoms with van der Waals surface area (Å²) in [6.45, 7) is 3.97. The normalized spacial score (nSPS) is 12.2. The number of benzene rings is 1. The molecule has 17 heavy (non-hydrogen) atoms. The highest BCUT2D eigenvalue weighted by atomic mass is 16.4. The van der Waals surface area contributed by atoms with Gasteiger partial charge in [0, 0.05) is 0 Å². The van der Waals surface area contributed by atoms with Crippen molar-refractivity contribution in [2.45, 2.75) is 26.3 Å². The van der Waals surface area contributed by atoms with Crippen LogP contribution in [0, 0.1) is 5.92 Å². The van der Waals surface area contributed by atoms with Crippen molar-refractivity contribution in [1.82, 2.24) is 5.32 Å². The first-order valence-corrected chi connectivity index (χ1v) is 5.57. The molecule has 92 valence electrons. The van der Waals surface area contributed by atoms with Crippen molar-refractivity contribution in [3.63, 3.8) is 0 Å². The summed E-state index contributed by atoms with van der Waals surface area (Å²) in [6.07, 6.45) is -0.490. The molecule has 1 amide bonds. The van der Waals surface area contributed by atoms with Gasteiger partial charge in [0.15, 0.2) is 0 Å². The van der Waals surface area contributed by atoms with Crippen molar-refractivity contribution >= 4 is 11.9 Å². The zero-order valence-corrected chi connectivity index (χ0v) is 10.0. The van der Waals surface area contributed by atoms with Gasteiger partial charge in [-0.1, -0.05) is 44.2 Å². The van der Waals surface area contributed by atoms with Gasteiger partial charge in [-0.3, -0.25) is 9.59 Å². The van der Waals surface area contributed by atoms with Gasteiger partial charge in [-0.15, -0.1) is 0 Å². The van der Waals surface area contributed by atoms with Crippen LogP contribution >= 0.6 is 0 Å². The van der Waals surface area contributed by atoms with E-state index in [0.717, 1.165) is 5.56 Å². The molecule has 0 spiro atoms. The van der Waals surface area contributed by atoms with Gasteiger partial charge in [-0.25, -0.2) is 0 Å². The minimum absolute atomic E-state index is 0.150. The molecular formula is C13H17NO3. The molecule has 0 aliphatic rings. The molecule has 0 fully saturated rings. The molecule has 0 saturated carbocycles. The lowest BCUT2D eigenvalue weighted by atomic mass is 9.96. The topological polar surface area (TPSA) is 66.4 Å². The molecule has 0 aliphatic heterocycles. The fraction of sp³-hybridized carbons (Fsp3) is 0.385. The Bertz CT molecular complexity index is 387. The first-order chi connectivity index (χ1) is 8.00. The number of aliphatic carboxylic acids is 1. The molecule has 0 aliphatic carbocycles. The molecule has 1 atom stereocenters. The van der Waals surface area contributed by atoms with Crippen molar-refractivity contribution in [3.05, 3.63) is 35.9 Å². The highest BCUT2D eigenvalue weighted by Gasteiger charge is 2.19. The van der Waals surface area contributed by atoms with E-state index in [1.165, 1.54) is 0 Å². The Morgan fingerprint density at radius 3 is 2.29 bits per heavy atom. The van der Waals surface area contributed by atoms with E-state index in [4.69, 9.17) is 5.11 Å². The number of carbonyl (C=O) groups is 2. The van der Waals surface area contributed by atoms with E-state index in [0.29, 0.717) is 0 Å². The summed E-state index contributed by atoms with van der Waals surface area (Å²) in [5, 5.41) is 11.3. The van der Waals surface area contributed by atoms with Crippen LogP contribution in [0.15, 0.2) is 30.3 Å². The highest BCUT2D eigenvalue weighted by Crippen LogP contribution is 2.21.